The first-order chi connectivity index (χ1) is 11.0. The number of rotatable bonds is 5. The van der Waals surface area contributed by atoms with Crippen LogP contribution in [-0.4, -0.2) is 26.0 Å². The highest BCUT2D eigenvalue weighted by atomic mass is 32.2. The van der Waals surface area contributed by atoms with Gasteiger partial charge in [-0.1, -0.05) is 41.7 Å². The number of nitrogens with two attached hydrogens (primary N) is 1. The maximum absolute atomic E-state index is 11.5. The topological polar surface area (TPSA) is 76.3 Å². The molecule has 0 amide bonds. The SMILES string of the molecule is NS(=O)(=O)c1cnc(N2CCCC[C@H]2CCc2ccccc2)s1. The van der Waals surface area contributed by atoms with Crippen molar-refractivity contribution in [1.82, 2.24) is 4.98 Å². The van der Waals surface area contributed by atoms with E-state index in [0.717, 1.165) is 37.4 Å². The fraction of sp³-hybridized carbons (Fsp3) is 0.438. The number of anilines is 1. The molecule has 1 aromatic heterocycles. The van der Waals surface area contributed by atoms with Gasteiger partial charge in [-0.15, -0.1) is 0 Å². The van der Waals surface area contributed by atoms with Gasteiger partial charge in [-0.25, -0.2) is 18.5 Å². The van der Waals surface area contributed by atoms with E-state index < -0.39 is 10.0 Å². The number of thiazole rings is 1. The second kappa shape index (κ2) is 6.98. The van der Waals surface area contributed by atoms with Crippen molar-refractivity contribution in [3.8, 4) is 0 Å². The van der Waals surface area contributed by atoms with Crippen LogP contribution in [0.15, 0.2) is 40.7 Å². The van der Waals surface area contributed by atoms with Crippen LogP contribution in [-0.2, 0) is 16.4 Å². The summed E-state index contributed by atoms with van der Waals surface area (Å²) < 4.78 is 23.0. The van der Waals surface area contributed by atoms with Gasteiger partial charge >= 0.3 is 0 Å². The lowest BCUT2D eigenvalue weighted by atomic mass is 9.96. The van der Waals surface area contributed by atoms with Crippen LogP contribution in [0.2, 0.25) is 0 Å². The van der Waals surface area contributed by atoms with Crippen molar-refractivity contribution in [2.45, 2.75) is 42.4 Å². The van der Waals surface area contributed by atoms with Crippen molar-refractivity contribution < 1.29 is 8.42 Å². The number of nitrogens with zero attached hydrogens (tertiary/aromatic N) is 2. The third-order valence-corrected chi connectivity index (χ3v) is 6.68. The summed E-state index contributed by atoms with van der Waals surface area (Å²) in [5.74, 6) is 0. The summed E-state index contributed by atoms with van der Waals surface area (Å²) in [6.45, 7) is 0.928. The number of aromatic nitrogens is 1. The van der Waals surface area contributed by atoms with Gasteiger partial charge in [0.2, 0.25) is 10.0 Å². The largest absolute Gasteiger partial charge is 0.345 e. The standard InChI is InChI=1S/C16H21N3O2S2/c17-23(20,21)15-12-18-16(22-15)19-11-5-4-8-14(19)10-9-13-6-2-1-3-7-13/h1-3,6-7,12,14H,4-5,8-11H2,(H2,17,20,21)/t14-/m0/s1. The second-order valence-electron chi connectivity index (χ2n) is 5.87. The highest BCUT2D eigenvalue weighted by molar-refractivity contribution is 7.91. The zero-order chi connectivity index (χ0) is 16.3. The molecule has 1 aromatic carbocycles. The van der Waals surface area contributed by atoms with Crippen molar-refractivity contribution in [2.24, 2.45) is 5.14 Å². The number of sulfonamides is 1. The van der Waals surface area contributed by atoms with Crippen molar-refractivity contribution in [3.63, 3.8) is 0 Å². The summed E-state index contributed by atoms with van der Waals surface area (Å²) >= 11 is 1.17. The molecule has 0 bridgehead atoms. The molecule has 1 saturated heterocycles. The summed E-state index contributed by atoms with van der Waals surface area (Å²) in [7, 11) is -3.66. The van der Waals surface area contributed by atoms with Crippen LogP contribution < -0.4 is 10.0 Å². The summed E-state index contributed by atoms with van der Waals surface area (Å²) in [6, 6.07) is 10.9. The Hall–Kier alpha value is -1.44. The molecule has 2 N–H and O–H groups in total. The van der Waals surface area contributed by atoms with Crippen molar-refractivity contribution in [3.05, 3.63) is 42.1 Å². The van der Waals surface area contributed by atoms with Gasteiger partial charge in [0.1, 0.15) is 0 Å². The number of hydrogen-bond acceptors (Lipinski definition) is 5. The molecule has 5 nitrogen and oxygen atoms in total. The molecule has 7 heteroatoms. The number of aryl methyl sites for hydroxylation is 1. The first-order valence-electron chi connectivity index (χ1n) is 7.83. The monoisotopic (exact) mass is 351 g/mol. The summed E-state index contributed by atoms with van der Waals surface area (Å²) in [5.41, 5.74) is 1.34. The molecular formula is C16H21N3O2S2. The first kappa shape index (κ1) is 16.4. The minimum absolute atomic E-state index is 0.139. The lowest BCUT2D eigenvalue weighted by molar-refractivity contribution is 0.437. The molecule has 0 unspecified atom stereocenters. The molecule has 124 valence electrons. The molecule has 0 radical (unpaired) electrons. The fourth-order valence-electron chi connectivity index (χ4n) is 3.05. The maximum Gasteiger partial charge on any atom is 0.249 e. The molecule has 0 spiro atoms. The quantitative estimate of drug-likeness (QED) is 0.899. The van der Waals surface area contributed by atoms with Crippen molar-refractivity contribution in [2.75, 3.05) is 11.4 Å². The summed E-state index contributed by atoms with van der Waals surface area (Å²) in [6.07, 6.45) is 6.90. The minimum atomic E-state index is -3.66. The maximum atomic E-state index is 11.5. The van der Waals surface area contributed by atoms with Crippen LogP contribution in [0.5, 0.6) is 0 Å². The van der Waals surface area contributed by atoms with Crippen molar-refractivity contribution >= 4 is 26.5 Å². The average Bonchev–Trinajstić information content (AvgIpc) is 3.04. The highest BCUT2D eigenvalue weighted by Crippen LogP contribution is 2.32. The van der Waals surface area contributed by atoms with E-state index in [1.807, 2.05) is 6.07 Å². The van der Waals surface area contributed by atoms with E-state index >= 15 is 0 Å². The molecule has 2 aromatic rings. The van der Waals surface area contributed by atoms with Gasteiger partial charge in [0.25, 0.3) is 0 Å². The van der Waals surface area contributed by atoms with Crippen LogP contribution >= 0.6 is 11.3 Å². The van der Waals surface area contributed by atoms with E-state index in [4.69, 9.17) is 5.14 Å². The molecule has 1 aliphatic heterocycles. The van der Waals surface area contributed by atoms with Crippen molar-refractivity contribution in [1.29, 1.82) is 0 Å². The smallest absolute Gasteiger partial charge is 0.249 e. The van der Waals surface area contributed by atoms with Crippen LogP contribution in [0.3, 0.4) is 0 Å². The van der Waals surface area contributed by atoms with E-state index in [1.165, 1.54) is 29.5 Å². The lowest BCUT2D eigenvalue weighted by Gasteiger charge is -2.35. The van der Waals surface area contributed by atoms with Crippen LogP contribution in [0, 0.1) is 0 Å². The molecular weight excluding hydrogens is 330 g/mol. The molecule has 1 atom stereocenters. The average molecular weight is 351 g/mol. The summed E-state index contributed by atoms with van der Waals surface area (Å²) in [5, 5.41) is 5.96. The van der Waals surface area contributed by atoms with Gasteiger partial charge in [0.05, 0.1) is 6.20 Å². The second-order valence-corrected chi connectivity index (χ2v) is 8.67. The minimum Gasteiger partial charge on any atom is -0.345 e. The predicted octanol–water partition coefficient (Wildman–Crippen LogP) is 2.78. The third-order valence-electron chi connectivity index (χ3n) is 4.23. The molecule has 1 aliphatic rings. The number of piperidine rings is 1. The van der Waals surface area contributed by atoms with Crippen LogP contribution in [0.4, 0.5) is 5.13 Å². The number of benzene rings is 1. The zero-order valence-corrected chi connectivity index (χ0v) is 14.5. The van der Waals surface area contributed by atoms with Gasteiger partial charge in [-0.2, -0.15) is 0 Å². The van der Waals surface area contributed by atoms with Crippen LogP contribution in [0.25, 0.3) is 0 Å². The molecule has 3 rings (SSSR count). The predicted molar refractivity (Wildman–Crippen MR) is 93.2 cm³/mol. The van der Waals surface area contributed by atoms with E-state index in [0.29, 0.717) is 6.04 Å². The summed E-state index contributed by atoms with van der Waals surface area (Å²) in [4.78, 5) is 6.55. The Labute approximate surface area is 141 Å². The van der Waals surface area contributed by atoms with E-state index in [2.05, 4.69) is 34.1 Å². The molecule has 0 saturated carbocycles. The number of primary sulfonamides is 1. The van der Waals surface area contributed by atoms with E-state index in [9.17, 15) is 8.42 Å². The Morgan fingerprint density at radius 1 is 1.26 bits per heavy atom. The Kier molecular flexibility index (Phi) is 4.99. The highest BCUT2D eigenvalue weighted by Gasteiger charge is 2.26. The molecule has 23 heavy (non-hydrogen) atoms. The first-order valence-corrected chi connectivity index (χ1v) is 10.2. The third kappa shape index (κ3) is 4.10. The van der Waals surface area contributed by atoms with Gasteiger partial charge in [0.15, 0.2) is 9.34 Å². The normalized spacial score (nSPS) is 19.0. The van der Waals surface area contributed by atoms with Gasteiger partial charge in [-0.05, 0) is 37.7 Å². The Balaban J connectivity index is 1.72. The van der Waals surface area contributed by atoms with Gasteiger partial charge in [-0.3, -0.25) is 0 Å². The Morgan fingerprint density at radius 2 is 2.04 bits per heavy atom. The molecule has 1 fully saturated rings. The fourth-order valence-corrected chi connectivity index (χ4v) is 4.68. The number of hydrogen-bond donors (Lipinski definition) is 1. The van der Waals surface area contributed by atoms with Crippen LogP contribution in [0.1, 0.15) is 31.2 Å². The van der Waals surface area contributed by atoms with E-state index in [-0.39, 0.29) is 4.21 Å². The Morgan fingerprint density at radius 3 is 2.74 bits per heavy atom. The van der Waals surface area contributed by atoms with E-state index in [1.54, 1.807) is 0 Å². The van der Waals surface area contributed by atoms with Gasteiger partial charge in [0, 0.05) is 12.6 Å². The zero-order valence-electron chi connectivity index (χ0n) is 12.9. The Bertz CT molecular complexity index is 744. The molecule has 0 aliphatic carbocycles. The van der Waals surface area contributed by atoms with Gasteiger partial charge < -0.3 is 4.90 Å². The lowest BCUT2D eigenvalue weighted by Crippen LogP contribution is -2.39. The molecule has 2 heterocycles.